The molecule has 0 N–H and O–H groups in total. The van der Waals surface area contributed by atoms with Crippen LogP contribution in [0.25, 0.3) is 16.6 Å². The molecule has 4 heterocycles. The molecule has 178 valence electrons. The van der Waals surface area contributed by atoms with Gasteiger partial charge in [-0.25, -0.2) is 14.1 Å². The first kappa shape index (κ1) is 21.9. The van der Waals surface area contributed by atoms with Gasteiger partial charge in [-0.05, 0) is 42.5 Å². The number of halogens is 1. The number of hydrogen-bond donors (Lipinski definition) is 0. The van der Waals surface area contributed by atoms with Gasteiger partial charge < -0.3 is 9.80 Å². The molecule has 6 rings (SSSR count). The molecule has 0 aliphatic carbocycles. The fraction of sp³-hybridized carbons (Fsp3) is 0.280. The summed E-state index contributed by atoms with van der Waals surface area (Å²) in [4.78, 5) is 35.8. The molecule has 8 nitrogen and oxygen atoms in total. The van der Waals surface area contributed by atoms with E-state index in [1.54, 1.807) is 29.2 Å². The molecule has 0 radical (unpaired) electrons. The van der Waals surface area contributed by atoms with Gasteiger partial charge in [0.15, 0.2) is 5.01 Å². The van der Waals surface area contributed by atoms with Gasteiger partial charge in [0, 0.05) is 67.8 Å². The summed E-state index contributed by atoms with van der Waals surface area (Å²) in [7, 11) is 0. The predicted molar refractivity (Wildman–Crippen MR) is 130 cm³/mol. The first-order valence-electron chi connectivity index (χ1n) is 11.5. The number of piperazine rings is 1. The summed E-state index contributed by atoms with van der Waals surface area (Å²) in [6.45, 7) is 4.34. The van der Waals surface area contributed by atoms with Crippen molar-refractivity contribution in [1.29, 1.82) is 0 Å². The Morgan fingerprint density at radius 2 is 1.71 bits per heavy atom. The Morgan fingerprint density at radius 1 is 0.943 bits per heavy atom. The molecule has 2 aliphatic rings. The van der Waals surface area contributed by atoms with Crippen LogP contribution >= 0.6 is 11.3 Å². The van der Waals surface area contributed by atoms with Gasteiger partial charge in [0.05, 0.1) is 17.4 Å². The minimum absolute atomic E-state index is 0.00297. The zero-order valence-electron chi connectivity index (χ0n) is 18.9. The highest BCUT2D eigenvalue weighted by atomic mass is 32.1. The van der Waals surface area contributed by atoms with E-state index in [4.69, 9.17) is 0 Å². The van der Waals surface area contributed by atoms with Crippen molar-refractivity contribution in [1.82, 2.24) is 29.5 Å². The van der Waals surface area contributed by atoms with Gasteiger partial charge in [-0.2, -0.15) is 5.10 Å². The molecule has 0 unspecified atom stereocenters. The van der Waals surface area contributed by atoms with Crippen molar-refractivity contribution in [3.05, 3.63) is 76.6 Å². The van der Waals surface area contributed by atoms with Crippen molar-refractivity contribution in [3.8, 4) is 5.69 Å². The first-order chi connectivity index (χ1) is 17.1. The first-order valence-corrected chi connectivity index (χ1v) is 12.4. The maximum absolute atomic E-state index is 13.3. The number of nitrogens with zero attached hydrogens (tertiary/aromatic N) is 6. The zero-order valence-corrected chi connectivity index (χ0v) is 19.7. The third kappa shape index (κ3) is 4.08. The van der Waals surface area contributed by atoms with Gasteiger partial charge in [0.2, 0.25) is 0 Å². The van der Waals surface area contributed by atoms with Crippen LogP contribution in [-0.4, -0.2) is 86.6 Å². The average molecular weight is 491 g/mol. The van der Waals surface area contributed by atoms with Crippen LogP contribution in [0.15, 0.2) is 60.2 Å². The molecule has 4 aromatic rings. The topological polar surface area (TPSA) is 74.6 Å². The monoisotopic (exact) mass is 490 g/mol. The predicted octanol–water partition coefficient (Wildman–Crippen LogP) is 2.90. The minimum atomic E-state index is -0.294. The molecule has 2 amide bonds. The number of fused-ring (bicyclic) bond motifs is 1. The Labute approximate surface area is 205 Å². The van der Waals surface area contributed by atoms with Crippen LogP contribution in [0.2, 0.25) is 0 Å². The quantitative estimate of drug-likeness (QED) is 0.440. The number of carbonyl (C=O) groups is 2. The van der Waals surface area contributed by atoms with Gasteiger partial charge in [-0.15, -0.1) is 11.3 Å². The van der Waals surface area contributed by atoms with E-state index in [1.165, 1.54) is 23.5 Å². The van der Waals surface area contributed by atoms with Crippen LogP contribution < -0.4 is 0 Å². The third-order valence-corrected chi connectivity index (χ3v) is 7.53. The molecule has 0 bridgehead atoms. The molecule has 0 atom stereocenters. The van der Waals surface area contributed by atoms with Crippen molar-refractivity contribution in [2.24, 2.45) is 0 Å². The van der Waals surface area contributed by atoms with Gasteiger partial charge in [0.25, 0.3) is 11.8 Å². The normalized spacial score (nSPS) is 17.1. The second kappa shape index (κ2) is 8.86. The molecule has 2 fully saturated rings. The fourth-order valence-electron chi connectivity index (χ4n) is 4.74. The van der Waals surface area contributed by atoms with Crippen LogP contribution in [0, 0.1) is 5.82 Å². The maximum atomic E-state index is 13.3. The molecule has 2 aliphatic heterocycles. The third-order valence-electron chi connectivity index (χ3n) is 6.77. The summed E-state index contributed by atoms with van der Waals surface area (Å²) in [5, 5.41) is 7.63. The number of aromatic nitrogens is 3. The summed E-state index contributed by atoms with van der Waals surface area (Å²) >= 11 is 1.37. The zero-order chi connectivity index (χ0) is 23.9. The van der Waals surface area contributed by atoms with E-state index in [1.807, 2.05) is 33.4 Å². The molecule has 10 heteroatoms. The van der Waals surface area contributed by atoms with Crippen molar-refractivity contribution >= 4 is 34.1 Å². The lowest BCUT2D eigenvalue weighted by Gasteiger charge is -2.48. The number of thiazole rings is 1. The molecule has 0 spiro atoms. The van der Waals surface area contributed by atoms with Gasteiger partial charge in [-0.1, -0.05) is 0 Å². The van der Waals surface area contributed by atoms with Crippen LogP contribution in [-0.2, 0) is 0 Å². The summed E-state index contributed by atoms with van der Waals surface area (Å²) in [6, 6.07) is 12.0. The standard InChI is InChI=1S/C25H23FN6O2S/c26-19-2-4-20(5-3-19)32-22-6-1-17(13-18(22)14-28-32)24(33)31-15-21(16-31)29-8-10-30(11-9-29)25(34)23-27-7-12-35-23/h1-7,12-14,21H,8-11,15-16H2. The van der Waals surface area contributed by atoms with E-state index in [-0.39, 0.29) is 17.6 Å². The molecule has 2 aromatic heterocycles. The highest BCUT2D eigenvalue weighted by Gasteiger charge is 2.37. The second-order valence-corrected chi connectivity index (χ2v) is 9.73. The molecule has 0 saturated carbocycles. The largest absolute Gasteiger partial charge is 0.335 e. The SMILES string of the molecule is O=C(c1ccc2c(cnn2-c2ccc(F)cc2)c1)N1CC(N2CCN(C(=O)c3nccs3)CC2)C1. The second-order valence-electron chi connectivity index (χ2n) is 8.84. The number of amides is 2. The number of hydrogen-bond acceptors (Lipinski definition) is 6. The van der Waals surface area contributed by atoms with E-state index < -0.39 is 0 Å². The van der Waals surface area contributed by atoms with Crippen molar-refractivity contribution in [3.63, 3.8) is 0 Å². The lowest BCUT2D eigenvalue weighted by atomic mass is 10.0. The van der Waals surface area contributed by atoms with E-state index in [0.717, 1.165) is 29.7 Å². The fourth-order valence-corrected chi connectivity index (χ4v) is 5.35. The molecule has 2 aromatic carbocycles. The van der Waals surface area contributed by atoms with Gasteiger partial charge >= 0.3 is 0 Å². The smallest absolute Gasteiger partial charge is 0.282 e. The summed E-state index contributed by atoms with van der Waals surface area (Å²) in [5.74, 6) is -0.282. The Balaban J connectivity index is 1.06. The van der Waals surface area contributed by atoms with Crippen LogP contribution in [0.3, 0.4) is 0 Å². The number of likely N-dealkylation sites (tertiary alicyclic amines) is 1. The van der Waals surface area contributed by atoms with E-state index >= 15 is 0 Å². The van der Waals surface area contributed by atoms with Crippen LogP contribution in [0.5, 0.6) is 0 Å². The number of carbonyl (C=O) groups excluding carboxylic acids is 2. The van der Waals surface area contributed by atoms with E-state index in [9.17, 15) is 14.0 Å². The lowest BCUT2D eigenvalue weighted by Crippen LogP contribution is -2.64. The Bertz CT molecular complexity index is 1370. The highest BCUT2D eigenvalue weighted by Crippen LogP contribution is 2.24. The maximum Gasteiger partial charge on any atom is 0.282 e. The number of benzene rings is 2. The molecule has 35 heavy (non-hydrogen) atoms. The van der Waals surface area contributed by atoms with Crippen molar-refractivity contribution in [2.45, 2.75) is 6.04 Å². The van der Waals surface area contributed by atoms with E-state index in [0.29, 0.717) is 42.8 Å². The molecule has 2 saturated heterocycles. The Kier molecular flexibility index (Phi) is 5.54. The Hall–Kier alpha value is -3.63. The molecular weight excluding hydrogens is 467 g/mol. The van der Waals surface area contributed by atoms with Crippen LogP contribution in [0.1, 0.15) is 20.2 Å². The van der Waals surface area contributed by atoms with Crippen LogP contribution in [0.4, 0.5) is 4.39 Å². The lowest BCUT2D eigenvalue weighted by molar-refractivity contribution is 0.00854. The highest BCUT2D eigenvalue weighted by molar-refractivity contribution is 7.11. The van der Waals surface area contributed by atoms with Crippen molar-refractivity contribution < 1.29 is 14.0 Å². The minimum Gasteiger partial charge on any atom is -0.335 e. The Morgan fingerprint density at radius 3 is 2.43 bits per heavy atom. The average Bonchev–Trinajstić information content (AvgIpc) is 3.54. The van der Waals surface area contributed by atoms with Crippen molar-refractivity contribution in [2.75, 3.05) is 39.3 Å². The van der Waals surface area contributed by atoms with E-state index in [2.05, 4.69) is 15.0 Å². The summed E-state index contributed by atoms with van der Waals surface area (Å²) < 4.78 is 15.0. The number of rotatable bonds is 4. The van der Waals surface area contributed by atoms with Gasteiger partial charge in [-0.3, -0.25) is 14.5 Å². The molecular formula is C25H23FN6O2S. The van der Waals surface area contributed by atoms with Gasteiger partial charge in [0.1, 0.15) is 5.82 Å². The summed E-state index contributed by atoms with van der Waals surface area (Å²) in [6.07, 6.45) is 3.38. The summed E-state index contributed by atoms with van der Waals surface area (Å²) in [5.41, 5.74) is 2.26.